The molecule has 140 valence electrons. The van der Waals surface area contributed by atoms with Crippen molar-refractivity contribution in [3.05, 3.63) is 23.3 Å². The third kappa shape index (κ3) is 2.11. The van der Waals surface area contributed by atoms with Gasteiger partial charge in [-0.2, -0.15) is 0 Å². The van der Waals surface area contributed by atoms with Crippen molar-refractivity contribution in [2.75, 3.05) is 6.61 Å². The monoisotopic (exact) mass is 356 g/mol. The molecular weight excluding hydrogens is 328 g/mol. The first-order valence-corrected chi connectivity index (χ1v) is 10.3. The summed E-state index contributed by atoms with van der Waals surface area (Å²) < 4.78 is 5.17. The predicted octanol–water partition coefficient (Wildman–Crippen LogP) is 3.34. The van der Waals surface area contributed by atoms with E-state index in [0.717, 1.165) is 50.5 Å². The van der Waals surface area contributed by atoms with Crippen molar-refractivity contribution in [1.82, 2.24) is 0 Å². The molecule has 0 aromatic rings. The van der Waals surface area contributed by atoms with Crippen molar-refractivity contribution < 1.29 is 19.4 Å². The topological polar surface area (TPSA) is 63.6 Å². The number of allylic oxidation sites excluding steroid dienone is 1. The minimum Gasteiger partial charge on any atom is -0.458 e. The van der Waals surface area contributed by atoms with Gasteiger partial charge in [-0.15, -0.1) is 0 Å². The Bertz CT molecular complexity index is 734. The summed E-state index contributed by atoms with van der Waals surface area (Å²) in [5.74, 6) is 1.63. The zero-order valence-electron chi connectivity index (χ0n) is 15.5. The van der Waals surface area contributed by atoms with Crippen LogP contribution in [0.25, 0.3) is 0 Å². The van der Waals surface area contributed by atoms with Gasteiger partial charge in [0.15, 0.2) is 5.78 Å². The standard InChI is InChI=1S/C22H28O4/c1-21-8-6-17-16-4-3-15(23)10-13(16)2-5-19(17)22(21,25)9-7-18(21)14-11-20(24)26-12-14/h10-11,16-19,25H,2-9,12H2,1H3/t16-,17+,18+,19+,21+,22-/m0/s1. The Hall–Kier alpha value is -1.42. The van der Waals surface area contributed by atoms with Crippen molar-refractivity contribution in [1.29, 1.82) is 0 Å². The zero-order chi connectivity index (χ0) is 18.1. The van der Waals surface area contributed by atoms with Crippen LogP contribution in [0.15, 0.2) is 23.3 Å². The molecule has 3 saturated carbocycles. The van der Waals surface area contributed by atoms with E-state index in [0.29, 0.717) is 30.8 Å². The molecule has 1 N–H and O–H groups in total. The highest BCUT2D eigenvalue weighted by Crippen LogP contribution is 2.66. The fourth-order valence-electron chi connectivity index (χ4n) is 7.35. The van der Waals surface area contributed by atoms with Crippen molar-refractivity contribution in [3.63, 3.8) is 0 Å². The van der Waals surface area contributed by atoms with Gasteiger partial charge in [0.25, 0.3) is 0 Å². The number of fused-ring (bicyclic) bond motifs is 5. The van der Waals surface area contributed by atoms with Crippen LogP contribution in [0.2, 0.25) is 0 Å². The Morgan fingerprint density at radius 1 is 1.04 bits per heavy atom. The number of carbonyl (C=O) groups excluding carboxylic acids is 2. The molecule has 5 rings (SSSR count). The minimum absolute atomic E-state index is 0.167. The SMILES string of the molecule is C[C@]12CC[C@H]3[C@@H](CCC4=CC(=O)CC[C@@H]43)[C@@]1(O)CC[C@@H]2C1=CC(=O)OC1. The number of aliphatic hydroxyl groups is 1. The molecule has 0 bridgehead atoms. The number of ether oxygens (including phenoxy) is 1. The van der Waals surface area contributed by atoms with E-state index in [1.165, 1.54) is 5.57 Å². The molecule has 0 aromatic carbocycles. The quantitative estimate of drug-likeness (QED) is 0.732. The molecule has 4 nitrogen and oxygen atoms in total. The normalized spacial score (nSPS) is 47.5. The summed E-state index contributed by atoms with van der Waals surface area (Å²) in [6.45, 7) is 2.65. The molecule has 5 aliphatic rings. The highest BCUT2D eigenvalue weighted by molar-refractivity contribution is 5.91. The summed E-state index contributed by atoms with van der Waals surface area (Å²) in [7, 11) is 0. The van der Waals surface area contributed by atoms with Crippen LogP contribution in [0.5, 0.6) is 0 Å². The second-order valence-electron chi connectivity index (χ2n) is 9.44. The molecule has 6 atom stereocenters. The largest absolute Gasteiger partial charge is 0.458 e. The first-order valence-electron chi connectivity index (χ1n) is 10.3. The maximum atomic E-state index is 12.0. The van der Waals surface area contributed by atoms with Crippen LogP contribution in [0.3, 0.4) is 0 Å². The molecule has 0 spiro atoms. The van der Waals surface area contributed by atoms with Gasteiger partial charge in [-0.25, -0.2) is 4.79 Å². The highest BCUT2D eigenvalue weighted by Gasteiger charge is 2.65. The molecule has 3 fully saturated rings. The van der Waals surface area contributed by atoms with Gasteiger partial charge >= 0.3 is 5.97 Å². The van der Waals surface area contributed by atoms with E-state index in [1.807, 2.05) is 6.08 Å². The average molecular weight is 356 g/mol. The molecule has 4 aliphatic carbocycles. The van der Waals surface area contributed by atoms with Gasteiger partial charge < -0.3 is 9.84 Å². The van der Waals surface area contributed by atoms with Gasteiger partial charge in [0.2, 0.25) is 0 Å². The van der Waals surface area contributed by atoms with Crippen LogP contribution in [0, 0.1) is 29.1 Å². The van der Waals surface area contributed by atoms with Crippen molar-refractivity contribution in [3.8, 4) is 0 Å². The lowest BCUT2D eigenvalue weighted by Crippen LogP contribution is -2.58. The summed E-state index contributed by atoms with van der Waals surface area (Å²) in [5.41, 5.74) is 1.62. The highest BCUT2D eigenvalue weighted by atomic mass is 16.5. The summed E-state index contributed by atoms with van der Waals surface area (Å²) >= 11 is 0. The first kappa shape index (κ1) is 16.7. The summed E-state index contributed by atoms with van der Waals surface area (Å²) in [6, 6.07) is 0. The van der Waals surface area contributed by atoms with Crippen LogP contribution in [-0.2, 0) is 14.3 Å². The number of ketones is 1. The van der Waals surface area contributed by atoms with E-state index in [1.54, 1.807) is 6.08 Å². The van der Waals surface area contributed by atoms with Crippen molar-refractivity contribution >= 4 is 11.8 Å². The molecule has 26 heavy (non-hydrogen) atoms. The number of cyclic esters (lactones) is 1. The number of rotatable bonds is 1. The lowest BCUT2D eigenvalue weighted by atomic mass is 9.49. The fraction of sp³-hybridized carbons (Fsp3) is 0.727. The van der Waals surface area contributed by atoms with Crippen LogP contribution in [0.4, 0.5) is 0 Å². The van der Waals surface area contributed by atoms with Gasteiger partial charge in [0, 0.05) is 17.9 Å². The van der Waals surface area contributed by atoms with E-state index < -0.39 is 5.60 Å². The average Bonchev–Trinajstić information content (AvgIpc) is 3.15. The molecule has 0 aromatic heterocycles. The number of esters is 1. The van der Waals surface area contributed by atoms with E-state index in [4.69, 9.17) is 4.74 Å². The van der Waals surface area contributed by atoms with E-state index >= 15 is 0 Å². The smallest absolute Gasteiger partial charge is 0.331 e. The molecule has 4 heteroatoms. The Labute approximate surface area is 154 Å². The molecule has 0 radical (unpaired) electrons. The molecule has 1 aliphatic heterocycles. The van der Waals surface area contributed by atoms with Gasteiger partial charge in [0.05, 0.1) is 5.60 Å². The molecular formula is C22H28O4. The molecule has 0 saturated heterocycles. The lowest BCUT2D eigenvalue weighted by molar-refractivity contribution is -0.169. The first-order chi connectivity index (χ1) is 12.4. The van der Waals surface area contributed by atoms with Gasteiger partial charge in [-0.3, -0.25) is 4.79 Å². The maximum Gasteiger partial charge on any atom is 0.331 e. The lowest BCUT2D eigenvalue weighted by Gasteiger charge is -2.58. The molecule has 1 heterocycles. The predicted molar refractivity (Wildman–Crippen MR) is 96.1 cm³/mol. The maximum absolute atomic E-state index is 12.0. The Morgan fingerprint density at radius 3 is 2.65 bits per heavy atom. The van der Waals surface area contributed by atoms with Crippen LogP contribution in [0.1, 0.15) is 58.3 Å². The third-order valence-electron chi connectivity index (χ3n) is 8.62. The Balaban J connectivity index is 1.47. The number of hydrogen-bond acceptors (Lipinski definition) is 4. The third-order valence-corrected chi connectivity index (χ3v) is 8.62. The van der Waals surface area contributed by atoms with Gasteiger partial charge in [-0.1, -0.05) is 12.5 Å². The van der Waals surface area contributed by atoms with Crippen molar-refractivity contribution in [2.45, 2.75) is 63.9 Å². The zero-order valence-corrected chi connectivity index (χ0v) is 15.5. The van der Waals surface area contributed by atoms with Crippen molar-refractivity contribution in [2.24, 2.45) is 29.1 Å². The van der Waals surface area contributed by atoms with E-state index in [-0.39, 0.29) is 23.1 Å². The van der Waals surface area contributed by atoms with E-state index in [9.17, 15) is 14.7 Å². The number of carbonyl (C=O) groups is 2. The van der Waals surface area contributed by atoms with Gasteiger partial charge in [-0.05, 0) is 80.3 Å². The minimum atomic E-state index is -0.653. The second-order valence-corrected chi connectivity index (χ2v) is 9.44. The Morgan fingerprint density at radius 2 is 1.88 bits per heavy atom. The summed E-state index contributed by atoms with van der Waals surface area (Å²) in [4.78, 5) is 23.4. The molecule has 0 amide bonds. The Kier molecular flexibility index (Phi) is 3.57. The summed E-state index contributed by atoms with van der Waals surface area (Å²) in [6.07, 6.45) is 11.1. The van der Waals surface area contributed by atoms with Gasteiger partial charge in [0.1, 0.15) is 6.61 Å². The summed E-state index contributed by atoms with van der Waals surface area (Å²) in [5, 5.41) is 12.0. The van der Waals surface area contributed by atoms with Crippen LogP contribution in [-0.4, -0.2) is 29.1 Å². The molecule has 0 unspecified atom stereocenters. The fourth-order valence-corrected chi connectivity index (χ4v) is 7.35. The van der Waals surface area contributed by atoms with E-state index in [2.05, 4.69) is 6.92 Å². The van der Waals surface area contributed by atoms with Crippen LogP contribution >= 0.6 is 0 Å². The van der Waals surface area contributed by atoms with Crippen LogP contribution < -0.4 is 0 Å². The number of hydrogen-bond donors (Lipinski definition) is 1. The second kappa shape index (κ2) is 5.54.